The van der Waals surface area contributed by atoms with E-state index in [-0.39, 0.29) is 12.0 Å². The fourth-order valence-electron chi connectivity index (χ4n) is 3.63. The maximum absolute atomic E-state index is 13.5. The molecule has 0 radical (unpaired) electrons. The number of amides is 1. The van der Waals surface area contributed by atoms with Crippen molar-refractivity contribution in [2.45, 2.75) is 46.6 Å². The van der Waals surface area contributed by atoms with Crippen LogP contribution in [-0.4, -0.2) is 30.1 Å². The van der Waals surface area contributed by atoms with Gasteiger partial charge in [-0.2, -0.15) is 0 Å². The molecule has 2 aromatic carbocycles. The molecule has 1 aliphatic rings. The summed E-state index contributed by atoms with van der Waals surface area (Å²) in [4.78, 5) is 20.2. The molecule has 28 heavy (non-hydrogen) atoms. The maximum Gasteiger partial charge on any atom is 0.260 e. The second-order valence-corrected chi connectivity index (χ2v) is 8.70. The Hall–Kier alpha value is -2.24. The number of carbonyl (C=O) groups is 1. The quantitative estimate of drug-likeness (QED) is 0.598. The maximum atomic E-state index is 13.5. The highest BCUT2D eigenvalue weighted by molar-refractivity contribution is 7.22. The van der Waals surface area contributed by atoms with Crippen molar-refractivity contribution in [2.24, 2.45) is 0 Å². The minimum atomic E-state index is -0.00652. The summed E-state index contributed by atoms with van der Waals surface area (Å²) in [6, 6.07) is 10.1. The van der Waals surface area contributed by atoms with E-state index in [0.29, 0.717) is 12.1 Å². The van der Waals surface area contributed by atoms with E-state index in [9.17, 15) is 4.79 Å². The molecule has 3 aromatic rings. The highest BCUT2D eigenvalue weighted by atomic mass is 32.1. The molecule has 0 N–H and O–H groups in total. The zero-order chi connectivity index (χ0) is 19.8. The molecule has 1 fully saturated rings. The zero-order valence-electron chi connectivity index (χ0n) is 16.9. The van der Waals surface area contributed by atoms with E-state index >= 15 is 0 Å². The molecule has 1 atom stereocenters. The molecular weight excluding hydrogens is 368 g/mol. The summed E-state index contributed by atoms with van der Waals surface area (Å²) in [6.07, 6.45) is 2.11. The second kappa shape index (κ2) is 7.64. The van der Waals surface area contributed by atoms with Gasteiger partial charge in [0.1, 0.15) is 0 Å². The van der Waals surface area contributed by atoms with Gasteiger partial charge in [0.25, 0.3) is 5.91 Å². The van der Waals surface area contributed by atoms with Crippen molar-refractivity contribution >= 4 is 32.6 Å². The van der Waals surface area contributed by atoms with Crippen molar-refractivity contribution in [3.05, 3.63) is 58.1 Å². The fourth-order valence-corrected chi connectivity index (χ4v) is 4.75. The van der Waals surface area contributed by atoms with Crippen molar-refractivity contribution < 1.29 is 9.53 Å². The summed E-state index contributed by atoms with van der Waals surface area (Å²) in [5, 5.41) is 0.756. The van der Waals surface area contributed by atoms with Crippen LogP contribution in [0.5, 0.6) is 0 Å². The molecule has 0 saturated carbocycles. The number of aryl methyl sites for hydroxylation is 4. The molecule has 2 heterocycles. The predicted octanol–water partition coefficient (Wildman–Crippen LogP) is 5.36. The van der Waals surface area contributed by atoms with Crippen molar-refractivity contribution in [2.75, 3.05) is 18.1 Å². The smallest absolute Gasteiger partial charge is 0.260 e. The number of carbonyl (C=O) groups excluding carboxylic acids is 1. The number of thiazole rings is 1. The molecule has 0 bridgehead atoms. The Bertz CT molecular complexity index is 996. The van der Waals surface area contributed by atoms with Gasteiger partial charge >= 0.3 is 0 Å². The Morgan fingerprint density at radius 1 is 1.11 bits per heavy atom. The summed E-state index contributed by atoms with van der Waals surface area (Å²) in [7, 11) is 0. The largest absolute Gasteiger partial charge is 0.376 e. The Balaban J connectivity index is 1.76. The summed E-state index contributed by atoms with van der Waals surface area (Å²) < 4.78 is 6.99. The number of ether oxygens (including phenoxy) is 1. The number of hydrogen-bond acceptors (Lipinski definition) is 4. The first-order valence-corrected chi connectivity index (χ1v) is 10.6. The lowest BCUT2D eigenvalue weighted by molar-refractivity contribution is 0.0917. The van der Waals surface area contributed by atoms with E-state index < -0.39 is 0 Å². The first kappa shape index (κ1) is 19.1. The molecule has 1 aliphatic heterocycles. The highest BCUT2D eigenvalue weighted by Crippen LogP contribution is 2.34. The minimum absolute atomic E-state index is 0.00652. The van der Waals surface area contributed by atoms with E-state index in [1.807, 2.05) is 30.0 Å². The van der Waals surface area contributed by atoms with Crippen LogP contribution in [0, 0.1) is 27.7 Å². The highest BCUT2D eigenvalue weighted by Gasteiger charge is 2.27. The lowest BCUT2D eigenvalue weighted by atomic mass is 10.1. The average Bonchev–Trinajstić information content (AvgIpc) is 3.35. The third kappa shape index (κ3) is 3.56. The van der Waals surface area contributed by atoms with Crippen molar-refractivity contribution in [3.8, 4) is 0 Å². The third-order valence-corrected chi connectivity index (χ3v) is 6.78. The van der Waals surface area contributed by atoms with Crippen LogP contribution < -0.4 is 4.90 Å². The normalized spacial score (nSPS) is 16.6. The number of benzene rings is 2. The van der Waals surface area contributed by atoms with Crippen LogP contribution in [0.15, 0.2) is 30.3 Å². The molecule has 5 heteroatoms. The summed E-state index contributed by atoms with van der Waals surface area (Å²) in [6.45, 7) is 9.59. The van der Waals surface area contributed by atoms with E-state index in [0.717, 1.165) is 45.9 Å². The minimum Gasteiger partial charge on any atom is -0.376 e. The van der Waals surface area contributed by atoms with Gasteiger partial charge < -0.3 is 4.74 Å². The molecule has 146 valence electrons. The van der Waals surface area contributed by atoms with Crippen LogP contribution in [0.2, 0.25) is 0 Å². The molecule has 1 saturated heterocycles. The Kier molecular flexibility index (Phi) is 5.21. The third-order valence-electron chi connectivity index (χ3n) is 5.57. The van der Waals surface area contributed by atoms with Crippen LogP contribution in [0.4, 0.5) is 5.13 Å². The van der Waals surface area contributed by atoms with Gasteiger partial charge in [-0.05, 0) is 74.9 Å². The van der Waals surface area contributed by atoms with Gasteiger partial charge in [0.15, 0.2) is 5.13 Å². The van der Waals surface area contributed by atoms with Gasteiger partial charge in [-0.15, -0.1) is 0 Å². The standard InChI is InChI=1S/C23H26N2O2S/c1-14-9-10-18(12-17(14)4)22(26)25(13-19-6-5-11-27-19)23-24-20-15(2)7-8-16(3)21(20)28-23/h7-10,12,19H,5-6,11,13H2,1-4H3. The lowest BCUT2D eigenvalue weighted by Crippen LogP contribution is -2.37. The molecule has 0 spiro atoms. The number of nitrogens with zero attached hydrogens (tertiary/aromatic N) is 2. The van der Waals surface area contributed by atoms with Crippen LogP contribution in [0.3, 0.4) is 0 Å². The van der Waals surface area contributed by atoms with Gasteiger partial charge in [0.2, 0.25) is 0 Å². The van der Waals surface area contributed by atoms with Crippen molar-refractivity contribution in [3.63, 3.8) is 0 Å². The van der Waals surface area contributed by atoms with Crippen molar-refractivity contribution in [1.82, 2.24) is 4.98 Å². The summed E-state index contributed by atoms with van der Waals surface area (Å²) >= 11 is 1.60. The molecule has 1 aromatic heterocycles. The van der Waals surface area contributed by atoms with Crippen LogP contribution in [0.1, 0.15) is 45.5 Å². The lowest BCUT2D eigenvalue weighted by Gasteiger charge is -2.23. The van der Waals surface area contributed by atoms with Gasteiger partial charge in [0.05, 0.1) is 22.9 Å². The summed E-state index contributed by atoms with van der Waals surface area (Å²) in [5.74, 6) is -0.00652. The number of anilines is 1. The second-order valence-electron chi connectivity index (χ2n) is 7.72. The first-order chi connectivity index (χ1) is 13.4. The number of fused-ring (bicyclic) bond motifs is 1. The fraction of sp³-hybridized carbons (Fsp3) is 0.391. The monoisotopic (exact) mass is 394 g/mol. The van der Waals surface area contributed by atoms with Crippen LogP contribution >= 0.6 is 11.3 Å². The topological polar surface area (TPSA) is 42.4 Å². The Morgan fingerprint density at radius 2 is 1.86 bits per heavy atom. The van der Waals surface area contributed by atoms with E-state index in [2.05, 4.69) is 32.9 Å². The predicted molar refractivity (Wildman–Crippen MR) is 116 cm³/mol. The molecule has 4 rings (SSSR count). The van der Waals surface area contributed by atoms with Gasteiger partial charge in [-0.3, -0.25) is 9.69 Å². The molecular formula is C23H26N2O2S. The van der Waals surface area contributed by atoms with Crippen LogP contribution in [-0.2, 0) is 4.74 Å². The Labute approximate surface area is 170 Å². The SMILES string of the molecule is Cc1ccc(C(=O)N(CC2CCCO2)c2nc3c(C)ccc(C)c3s2)cc1C. The van der Waals surface area contributed by atoms with Crippen LogP contribution in [0.25, 0.3) is 10.2 Å². The molecule has 1 unspecified atom stereocenters. The van der Waals surface area contributed by atoms with Gasteiger partial charge in [0, 0.05) is 12.2 Å². The molecule has 0 aliphatic carbocycles. The number of aromatic nitrogens is 1. The van der Waals surface area contributed by atoms with E-state index in [4.69, 9.17) is 9.72 Å². The average molecular weight is 395 g/mol. The Morgan fingerprint density at radius 3 is 2.54 bits per heavy atom. The van der Waals surface area contributed by atoms with Gasteiger partial charge in [-0.1, -0.05) is 29.5 Å². The summed E-state index contributed by atoms with van der Waals surface area (Å²) in [5.41, 5.74) is 6.34. The van der Waals surface area contributed by atoms with Crippen molar-refractivity contribution in [1.29, 1.82) is 0 Å². The van der Waals surface area contributed by atoms with Gasteiger partial charge in [-0.25, -0.2) is 4.98 Å². The zero-order valence-corrected chi connectivity index (χ0v) is 17.7. The number of rotatable bonds is 4. The first-order valence-electron chi connectivity index (χ1n) is 9.81. The van der Waals surface area contributed by atoms with E-state index in [1.54, 1.807) is 11.3 Å². The number of hydrogen-bond donors (Lipinski definition) is 0. The van der Waals surface area contributed by atoms with E-state index in [1.165, 1.54) is 11.1 Å². The molecule has 4 nitrogen and oxygen atoms in total. The molecule has 1 amide bonds.